The summed E-state index contributed by atoms with van der Waals surface area (Å²) in [6.45, 7) is 0. The van der Waals surface area contributed by atoms with Crippen LogP contribution in [0.4, 0.5) is 10.1 Å². The Morgan fingerprint density at radius 2 is 1.46 bits per heavy atom. The molecule has 1 amide bonds. The SMILES string of the molecule is O=C(Nc1ccncc1)c1ccccc1C(=O)c1ccc(F)cc1. The monoisotopic (exact) mass is 320 g/mol. The van der Waals surface area contributed by atoms with E-state index in [4.69, 9.17) is 0 Å². The molecule has 24 heavy (non-hydrogen) atoms. The zero-order chi connectivity index (χ0) is 16.9. The lowest BCUT2D eigenvalue weighted by Crippen LogP contribution is -2.17. The van der Waals surface area contributed by atoms with Gasteiger partial charge in [0.25, 0.3) is 5.91 Å². The van der Waals surface area contributed by atoms with Gasteiger partial charge in [-0.15, -0.1) is 0 Å². The van der Waals surface area contributed by atoms with Crippen LogP contribution in [0, 0.1) is 5.82 Å². The number of carbonyl (C=O) groups excluding carboxylic acids is 2. The van der Waals surface area contributed by atoms with Gasteiger partial charge in [-0.25, -0.2) is 4.39 Å². The Bertz CT molecular complexity index is 877. The highest BCUT2D eigenvalue weighted by molar-refractivity contribution is 6.17. The fourth-order valence-electron chi connectivity index (χ4n) is 2.27. The summed E-state index contributed by atoms with van der Waals surface area (Å²) in [5, 5.41) is 2.72. The molecular formula is C19H13FN2O2. The van der Waals surface area contributed by atoms with Crippen molar-refractivity contribution in [3.8, 4) is 0 Å². The molecule has 118 valence electrons. The molecule has 0 unspecified atom stereocenters. The lowest BCUT2D eigenvalue weighted by molar-refractivity contribution is 0.0996. The van der Waals surface area contributed by atoms with Gasteiger partial charge < -0.3 is 5.32 Å². The molecule has 0 saturated carbocycles. The molecule has 5 heteroatoms. The van der Waals surface area contributed by atoms with Crippen LogP contribution in [0.25, 0.3) is 0 Å². The molecule has 0 atom stereocenters. The molecule has 3 aromatic rings. The second-order valence-corrected chi connectivity index (χ2v) is 5.07. The predicted octanol–water partition coefficient (Wildman–Crippen LogP) is 3.70. The standard InChI is InChI=1S/C19H13FN2O2/c20-14-7-5-13(6-8-14)18(23)16-3-1-2-4-17(16)19(24)22-15-9-11-21-12-10-15/h1-12H,(H,21,22,24). The van der Waals surface area contributed by atoms with Gasteiger partial charge >= 0.3 is 0 Å². The highest BCUT2D eigenvalue weighted by Crippen LogP contribution is 2.17. The summed E-state index contributed by atoms with van der Waals surface area (Å²) in [6, 6.07) is 15.1. The summed E-state index contributed by atoms with van der Waals surface area (Å²) in [4.78, 5) is 29.0. The van der Waals surface area contributed by atoms with Crippen LogP contribution in [-0.2, 0) is 0 Å². The van der Waals surface area contributed by atoms with E-state index in [2.05, 4.69) is 10.3 Å². The molecule has 1 N–H and O–H groups in total. The van der Waals surface area contributed by atoms with Gasteiger partial charge in [0, 0.05) is 29.2 Å². The zero-order valence-corrected chi connectivity index (χ0v) is 12.6. The Hall–Kier alpha value is -3.34. The summed E-state index contributed by atoms with van der Waals surface area (Å²) in [7, 11) is 0. The third kappa shape index (κ3) is 3.35. The van der Waals surface area contributed by atoms with Gasteiger partial charge in [-0.3, -0.25) is 14.6 Å². The Morgan fingerprint density at radius 3 is 2.12 bits per heavy atom. The minimum absolute atomic E-state index is 0.253. The molecule has 0 fully saturated rings. The van der Waals surface area contributed by atoms with Gasteiger partial charge in [0.2, 0.25) is 0 Å². The second kappa shape index (κ2) is 6.83. The van der Waals surface area contributed by atoms with E-state index in [1.165, 1.54) is 24.3 Å². The predicted molar refractivity (Wildman–Crippen MR) is 88.5 cm³/mol. The molecule has 0 bridgehead atoms. The van der Waals surface area contributed by atoms with E-state index >= 15 is 0 Å². The van der Waals surface area contributed by atoms with Crippen LogP contribution in [0.5, 0.6) is 0 Å². The molecule has 0 aliphatic heterocycles. The maximum Gasteiger partial charge on any atom is 0.256 e. The smallest absolute Gasteiger partial charge is 0.256 e. The number of amides is 1. The number of hydrogen-bond acceptors (Lipinski definition) is 3. The van der Waals surface area contributed by atoms with Gasteiger partial charge in [-0.1, -0.05) is 18.2 Å². The molecule has 1 aromatic heterocycles. The van der Waals surface area contributed by atoms with Crippen LogP contribution in [0.3, 0.4) is 0 Å². The van der Waals surface area contributed by atoms with Crippen LogP contribution in [0.15, 0.2) is 73.1 Å². The van der Waals surface area contributed by atoms with Crippen molar-refractivity contribution in [2.45, 2.75) is 0 Å². The molecule has 0 spiro atoms. The third-order valence-corrected chi connectivity index (χ3v) is 3.46. The summed E-state index contributed by atoms with van der Waals surface area (Å²) < 4.78 is 13.0. The first-order valence-corrected chi connectivity index (χ1v) is 7.26. The van der Waals surface area contributed by atoms with Crippen molar-refractivity contribution in [1.29, 1.82) is 0 Å². The summed E-state index contributed by atoms with van der Waals surface area (Å²) >= 11 is 0. The van der Waals surface area contributed by atoms with E-state index in [0.29, 0.717) is 11.3 Å². The molecule has 0 aliphatic carbocycles. The number of hydrogen-bond donors (Lipinski definition) is 1. The first kappa shape index (κ1) is 15.6. The number of halogens is 1. The van der Waals surface area contributed by atoms with Crippen molar-refractivity contribution in [2.75, 3.05) is 5.32 Å². The number of pyridine rings is 1. The van der Waals surface area contributed by atoms with E-state index in [-0.39, 0.29) is 16.9 Å². The minimum Gasteiger partial charge on any atom is -0.322 e. The third-order valence-electron chi connectivity index (χ3n) is 3.46. The fraction of sp³-hybridized carbons (Fsp3) is 0. The molecule has 0 aliphatic rings. The Morgan fingerprint density at radius 1 is 0.833 bits per heavy atom. The van der Waals surface area contributed by atoms with E-state index < -0.39 is 11.7 Å². The summed E-state index contributed by atoms with van der Waals surface area (Å²) in [5.74, 6) is -1.15. The van der Waals surface area contributed by atoms with Crippen molar-refractivity contribution in [2.24, 2.45) is 0 Å². The number of aromatic nitrogens is 1. The molecule has 0 saturated heterocycles. The van der Waals surface area contributed by atoms with E-state index in [0.717, 1.165) is 0 Å². The van der Waals surface area contributed by atoms with Crippen LogP contribution >= 0.6 is 0 Å². The van der Waals surface area contributed by atoms with Crippen LogP contribution in [0.2, 0.25) is 0 Å². The summed E-state index contributed by atoms with van der Waals surface area (Å²) in [5.41, 5.74) is 1.42. The number of carbonyl (C=O) groups is 2. The van der Waals surface area contributed by atoms with Crippen molar-refractivity contribution >= 4 is 17.4 Å². The second-order valence-electron chi connectivity index (χ2n) is 5.07. The average molecular weight is 320 g/mol. The number of rotatable bonds is 4. The molecular weight excluding hydrogens is 307 g/mol. The van der Waals surface area contributed by atoms with Gasteiger partial charge in [0.15, 0.2) is 5.78 Å². The van der Waals surface area contributed by atoms with Crippen molar-refractivity contribution in [3.63, 3.8) is 0 Å². The molecule has 1 heterocycles. The zero-order valence-electron chi connectivity index (χ0n) is 12.6. The van der Waals surface area contributed by atoms with Gasteiger partial charge in [-0.2, -0.15) is 0 Å². The van der Waals surface area contributed by atoms with E-state index in [9.17, 15) is 14.0 Å². The maximum atomic E-state index is 13.0. The van der Waals surface area contributed by atoms with Crippen molar-refractivity contribution in [3.05, 3.63) is 95.6 Å². The highest BCUT2D eigenvalue weighted by Gasteiger charge is 2.18. The molecule has 3 rings (SSSR count). The van der Waals surface area contributed by atoms with Crippen LogP contribution in [0.1, 0.15) is 26.3 Å². The average Bonchev–Trinajstić information content (AvgIpc) is 2.62. The first-order valence-electron chi connectivity index (χ1n) is 7.26. The number of anilines is 1. The molecule has 4 nitrogen and oxygen atoms in total. The Kier molecular flexibility index (Phi) is 4.43. The lowest BCUT2D eigenvalue weighted by atomic mass is 9.98. The number of nitrogens with zero attached hydrogens (tertiary/aromatic N) is 1. The topological polar surface area (TPSA) is 59.1 Å². The number of ketones is 1. The Balaban J connectivity index is 1.91. The molecule has 0 radical (unpaired) electrons. The number of benzene rings is 2. The van der Waals surface area contributed by atoms with Gasteiger partial charge in [0.05, 0.1) is 5.56 Å². The van der Waals surface area contributed by atoms with Gasteiger partial charge in [-0.05, 0) is 42.5 Å². The first-order chi connectivity index (χ1) is 11.6. The van der Waals surface area contributed by atoms with Crippen molar-refractivity contribution < 1.29 is 14.0 Å². The van der Waals surface area contributed by atoms with Crippen molar-refractivity contribution in [1.82, 2.24) is 4.98 Å². The van der Waals surface area contributed by atoms with E-state index in [1.54, 1.807) is 48.8 Å². The van der Waals surface area contributed by atoms with E-state index in [1.807, 2.05) is 0 Å². The van der Waals surface area contributed by atoms with Crippen LogP contribution in [-0.4, -0.2) is 16.7 Å². The van der Waals surface area contributed by atoms with Crippen LogP contribution < -0.4 is 5.32 Å². The maximum absolute atomic E-state index is 13.0. The lowest BCUT2D eigenvalue weighted by Gasteiger charge is -2.09. The highest BCUT2D eigenvalue weighted by atomic mass is 19.1. The largest absolute Gasteiger partial charge is 0.322 e. The fourth-order valence-corrected chi connectivity index (χ4v) is 2.27. The molecule has 2 aromatic carbocycles. The Labute approximate surface area is 138 Å². The number of nitrogens with one attached hydrogen (secondary N) is 1. The quantitative estimate of drug-likeness (QED) is 0.746. The summed E-state index contributed by atoms with van der Waals surface area (Å²) in [6.07, 6.45) is 3.12. The minimum atomic E-state index is -0.421. The normalized spacial score (nSPS) is 10.2. The van der Waals surface area contributed by atoms with Gasteiger partial charge in [0.1, 0.15) is 5.82 Å².